The minimum Gasteiger partial charge on any atom is -0.312 e. The number of aromatic nitrogens is 1. The second-order valence-corrected chi connectivity index (χ2v) is 6.48. The number of piperazine rings is 1. The molecule has 1 atom stereocenters. The number of hydrogen-bond donors (Lipinski definition) is 1. The van der Waals surface area contributed by atoms with E-state index in [4.69, 9.17) is 16.6 Å². The normalized spacial score (nSPS) is 20.2. The SMILES string of the molecule is C[C@H]1CN(Cc2csc(-c3ccccc3Cl)n2)CCN1. The molecule has 0 bridgehead atoms. The maximum absolute atomic E-state index is 6.23. The minimum atomic E-state index is 0.561. The van der Waals surface area contributed by atoms with Gasteiger partial charge in [0.25, 0.3) is 0 Å². The van der Waals surface area contributed by atoms with Crippen LogP contribution in [0.25, 0.3) is 10.6 Å². The molecule has 0 aliphatic carbocycles. The lowest BCUT2D eigenvalue weighted by atomic mass is 10.2. The molecule has 106 valence electrons. The molecule has 0 radical (unpaired) electrons. The van der Waals surface area contributed by atoms with Gasteiger partial charge in [0.2, 0.25) is 0 Å². The summed E-state index contributed by atoms with van der Waals surface area (Å²) in [4.78, 5) is 7.18. The molecule has 20 heavy (non-hydrogen) atoms. The first-order valence-electron chi connectivity index (χ1n) is 6.87. The molecule has 1 fully saturated rings. The van der Waals surface area contributed by atoms with Gasteiger partial charge in [-0.1, -0.05) is 29.8 Å². The fraction of sp³-hybridized carbons (Fsp3) is 0.400. The number of nitrogens with one attached hydrogen (secondary N) is 1. The van der Waals surface area contributed by atoms with E-state index in [9.17, 15) is 0 Å². The number of rotatable bonds is 3. The van der Waals surface area contributed by atoms with Crippen LogP contribution in [0.1, 0.15) is 12.6 Å². The summed E-state index contributed by atoms with van der Waals surface area (Å²) < 4.78 is 0. The highest BCUT2D eigenvalue weighted by molar-refractivity contribution is 7.13. The lowest BCUT2D eigenvalue weighted by molar-refractivity contribution is 0.198. The smallest absolute Gasteiger partial charge is 0.125 e. The molecule has 0 amide bonds. The average Bonchev–Trinajstić information content (AvgIpc) is 2.87. The van der Waals surface area contributed by atoms with E-state index in [2.05, 4.69) is 22.5 Å². The van der Waals surface area contributed by atoms with Gasteiger partial charge in [0, 0.05) is 43.2 Å². The molecule has 0 spiro atoms. The zero-order chi connectivity index (χ0) is 13.9. The fourth-order valence-corrected chi connectivity index (χ4v) is 3.65. The predicted molar refractivity (Wildman–Crippen MR) is 85.3 cm³/mol. The summed E-state index contributed by atoms with van der Waals surface area (Å²) in [5.41, 5.74) is 2.16. The molecular formula is C15H18ClN3S. The Kier molecular flexibility index (Phi) is 4.36. The summed E-state index contributed by atoms with van der Waals surface area (Å²) in [6.45, 7) is 6.38. The van der Waals surface area contributed by atoms with E-state index in [0.717, 1.165) is 47.5 Å². The van der Waals surface area contributed by atoms with Crippen molar-refractivity contribution in [3.05, 3.63) is 40.4 Å². The molecule has 1 aliphatic heterocycles. The minimum absolute atomic E-state index is 0.561. The van der Waals surface area contributed by atoms with Crippen LogP contribution >= 0.6 is 22.9 Å². The van der Waals surface area contributed by atoms with Crippen molar-refractivity contribution in [2.45, 2.75) is 19.5 Å². The van der Waals surface area contributed by atoms with Crippen LogP contribution in [-0.4, -0.2) is 35.6 Å². The largest absolute Gasteiger partial charge is 0.312 e. The molecule has 1 saturated heterocycles. The Morgan fingerprint density at radius 2 is 2.30 bits per heavy atom. The number of nitrogens with zero attached hydrogens (tertiary/aromatic N) is 2. The molecule has 1 N–H and O–H groups in total. The monoisotopic (exact) mass is 307 g/mol. The van der Waals surface area contributed by atoms with Gasteiger partial charge in [0.1, 0.15) is 5.01 Å². The van der Waals surface area contributed by atoms with E-state index < -0.39 is 0 Å². The first-order valence-corrected chi connectivity index (χ1v) is 8.13. The van der Waals surface area contributed by atoms with Gasteiger partial charge in [-0.05, 0) is 13.0 Å². The lowest BCUT2D eigenvalue weighted by Gasteiger charge is -2.31. The highest BCUT2D eigenvalue weighted by Crippen LogP contribution is 2.30. The van der Waals surface area contributed by atoms with Gasteiger partial charge in [-0.25, -0.2) is 4.98 Å². The Hall–Kier alpha value is -0.940. The number of hydrogen-bond acceptors (Lipinski definition) is 4. The summed E-state index contributed by atoms with van der Waals surface area (Å²) in [7, 11) is 0. The summed E-state index contributed by atoms with van der Waals surface area (Å²) in [6.07, 6.45) is 0. The van der Waals surface area contributed by atoms with Crippen molar-refractivity contribution in [2.24, 2.45) is 0 Å². The van der Waals surface area contributed by atoms with Crippen LogP contribution in [0.3, 0.4) is 0 Å². The zero-order valence-corrected chi connectivity index (χ0v) is 13.0. The highest BCUT2D eigenvalue weighted by atomic mass is 35.5. The van der Waals surface area contributed by atoms with Gasteiger partial charge in [-0.3, -0.25) is 4.90 Å². The van der Waals surface area contributed by atoms with Crippen molar-refractivity contribution in [3.63, 3.8) is 0 Å². The highest BCUT2D eigenvalue weighted by Gasteiger charge is 2.17. The Morgan fingerprint density at radius 1 is 1.45 bits per heavy atom. The first kappa shape index (κ1) is 14.0. The summed E-state index contributed by atoms with van der Waals surface area (Å²) >= 11 is 7.90. The van der Waals surface area contributed by atoms with Crippen LogP contribution in [-0.2, 0) is 6.54 Å². The maximum Gasteiger partial charge on any atom is 0.125 e. The Labute approximate surface area is 128 Å². The van der Waals surface area contributed by atoms with E-state index in [1.54, 1.807) is 11.3 Å². The van der Waals surface area contributed by atoms with Gasteiger partial charge >= 0.3 is 0 Å². The summed E-state index contributed by atoms with van der Waals surface area (Å²) in [6, 6.07) is 8.45. The maximum atomic E-state index is 6.23. The van der Waals surface area contributed by atoms with Crippen molar-refractivity contribution in [1.29, 1.82) is 0 Å². The average molecular weight is 308 g/mol. The molecule has 1 aromatic carbocycles. The number of benzene rings is 1. The van der Waals surface area contributed by atoms with Gasteiger partial charge in [0.15, 0.2) is 0 Å². The number of halogens is 1. The van der Waals surface area contributed by atoms with Crippen LogP contribution < -0.4 is 5.32 Å². The van der Waals surface area contributed by atoms with E-state index in [-0.39, 0.29) is 0 Å². The van der Waals surface area contributed by atoms with E-state index in [0.29, 0.717) is 6.04 Å². The first-order chi connectivity index (χ1) is 9.72. The molecular weight excluding hydrogens is 290 g/mol. The molecule has 2 aromatic rings. The second kappa shape index (κ2) is 6.22. The molecule has 3 nitrogen and oxygen atoms in total. The molecule has 2 heterocycles. The van der Waals surface area contributed by atoms with E-state index >= 15 is 0 Å². The molecule has 1 aromatic heterocycles. The van der Waals surface area contributed by atoms with Crippen LogP contribution in [0, 0.1) is 0 Å². The quantitative estimate of drug-likeness (QED) is 0.943. The molecule has 0 saturated carbocycles. The van der Waals surface area contributed by atoms with Crippen molar-refractivity contribution in [3.8, 4) is 10.6 Å². The third kappa shape index (κ3) is 3.20. The van der Waals surface area contributed by atoms with Gasteiger partial charge in [0.05, 0.1) is 10.7 Å². The second-order valence-electron chi connectivity index (χ2n) is 5.21. The standard InChI is InChI=1S/C15H18ClN3S/c1-11-8-19(7-6-17-11)9-12-10-20-15(18-12)13-4-2-3-5-14(13)16/h2-5,10-11,17H,6-9H2,1H3/t11-/m0/s1. The number of thiazole rings is 1. The van der Waals surface area contributed by atoms with Crippen LogP contribution in [0.2, 0.25) is 5.02 Å². The lowest BCUT2D eigenvalue weighted by Crippen LogP contribution is -2.48. The van der Waals surface area contributed by atoms with Crippen molar-refractivity contribution < 1.29 is 0 Å². The van der Waals surface area contributed by atoms with Crippen molar-refractivity contribution >= 4 is 22.9 Å². The third-order valence-electron chi connectivity index (χ3n) is 3.49. The van der Waals surface area contributed by atoms with Gasteiger partial charge in [-0.2, -0.15) is 0 Å². The molecule has 0 unspecified atom stereocenters. The topological polar surface area (TPSA) is 28.2 Å². The zero-order valence-electron chi connectivity index (χ0n) is 11.5. The Bertz CT molecular complexity index is 584. The van der Waals surface area contributed by atoms with Crippen molar-refractivity contribution in [1.82, 2.24) is 15.2 Å². The Morgan fingerprint density at radius 3 is 3.10 bits per heavy atom. The van der Waals surface area contributed by atoms with Gasteiger partial charge in [-0.15, -0.1) is 11.3 Å². The molecule has 1 aliphatic rings. The summed E-state index contributed by atoms with van der Waals surface area (Å²) in [5.74, 6) is 0. The van der Waals surface area contributed by atoms with Crippen LogP contribution in [0.4, 0.5) is 0 Å². The van der Waals surface area contributed by atoms with Crippen molar-refractivity contribution in [2.75, 3.05) is 19.6 Å². The summed E-state index contributed by atoms with van der Waals surface area (Å²) in [5, 5.41) is 7.38. The van der Waals surface area contributed by atoms with Crippen LogP contribution in [0.15, 0.2) is 29.6 Å². The van der Waals surface area contributed by atoms with E-state index in [1.807, 2.05) is 24.3 Å². The van der Waals surface area contributed by atoms with Gasteiger partial charge < -0.3 is 5.32 Å². The van der Waals surface area contributed by atoms with Crippen LogP contribution in [0.5, 0.6) is 0 Å². The van der Waals surface area contributed by atoms with E-state index in [1.165, 1.54) is 0 Å². The Balaban J connectivity index is 1.72. The molecule has 5 heteroatoms. The predicted octanol–water partition coefficient (Wildman–Crippen LogP) is 3.26. The molecule has 3 rings (SSSR count). The third-order valence-corrected chi connectivity index (χ3v) is 4.75. The fourth-order valence-electron chi connectivity index (χ4n) is 2.52.